The molecule has 0 fully saturated rings. The number of pyridine rings is 1. The van der Waals surface area contributed by atoms with Gasteiger partial charge in [-0.2, -0.15) is 0 Å². The standard InChI is InChI=1S/C13H13N3O.2C2H6.Y/c1-8(2)11-9(3)13(17)16-12(15-11)10-4-6-14-7-5-10;2*1-2;/h4-8H,1-2H2,3H3,(H,15,16,17);2*1-2H3;/q-2;;;. The second kappa shape index (κ2) is 12.7. The Morgan fingerprint density at radius 3 is 2.05 bits per heavy atom. The van der Waals surface area contributed by atoms with E-state index in [9.17, 15) is 4.79 Å². The summed E-state index contributed by atoms with van der Waals surface area (Å²) in [6.07, 6.45) is 3.31. The predicted molar refractivity (Wildman–Crippen MR) is 89.0 cm³/mol. The predicted octanol–water partition coefficient (Wildman–Crippen LogP) is 3.94. The molecule has 2 heterocycles. The minimum atomic E-state index is -0.266. The minimum absolute atomic E-state index is 0. The Balaban J connectivity index is 0. The van der Waals surface area contributed by atoms with Gasteiger partial charge in [0.15, 0.2) is 0 Å². The second-order valence-electron chi connectivity index (χ2n) is 3.86. The second-order valence-corrected chi connectivity index (χ2v) is 3.86. The largest absolute Gasteiger partial charge is 0.364 e. The average Bonchev–Trinajstić information content (AvgIpc) is 2.54. The van der Waals surface area contributed by atoms with Gasteiger partial charge in [0.1, 0.15) is 5.82 Å². The van der Waals surface area contributed by atoms with Crippen molar-refractivity contribution in [2.45, 2.75) is 40.5 Å². The van der Waals surface area contributed by atoms with Gasteiger partial charge in [-0.25, -0.2) is 4.98 Å². The zero-order valence-electron chi connectivity index (χ0n) is 14.2. The van der Waals surface area contributed by atoms with Crippen LogP contribution in [-0.2, 0) is 32.7 Å². The molecule has 0 bridgehead atoms. The molecule has 0 aliphatic heterocycles. The first-order valence-electron chi connectivity index (χ1n) is 7.27. The minimum Gasteiger partial charge on any atom is -0.364 e. The molecule has 5 heteroatoms. The van der Waals surface area contributed by atoms with Crippen molar-refractivity contribution in [1.29, 1.82) is 0 Å². The van der Waals surface area contributed by atoms with Gasteiger partial charge >= 0.3 is 0 Å². The van der Waals surface area contributed by atoms with Crippen molar-refractivity contribution in [3.8, 4) is 11.4 Å². The van der Waals surface area contributed by atoms with E-state index in [2.05, 4.69) is 28.8 Å². The van der Waals surface area contributed by atoms with E-state index in [0.717, 1.165) is 5.56 Å². The molecule has 2 aromatic heterocycles. The van der Waals surface area contributed by atoms with E-state index in [1.54, 1.807) is 31.5 Å². The summed E-state index contributed by atoms with van der Waals surface area (Å²) in [5.41, 5.74) is 1.86. The van der Waals surface area contributed by atoms with E-state index < -0.39 is 0 Å². The van der Waals surface area contributed by atoms with E-state index in [1.807, 2.05) is 27.7 Å². The van der Waals surface area contributed by atoms with Crippen molar-refractivity contribution in [3.05, 3.63) is 60.0 Å². The molecule has 1 N–H and O–H groups in total. The molecule has 0 aliphatic rings. The van der Waals surface area contributed by atoms with Gasteiger partial charge < -0.3 is 18.8 Å². The smallest absolute Gasteiger partial charge is 0.254 e. The maximum absolute atomic E-state index is 11.8. The summed E-state index contributed by atoms with van der Waals surface area (Å²) >= 11 is 0. The summed E-state index contributed by atoms with van der Waals surface area (Å²) in [5, 5.41) is 0. The summed E-state index contributed by atoms with van der Waals surface area (Å²) < 4.78 is 0. The fraction of sp³-hybridized carbons (Fsp3) is 0.353. The SMILES string of the molecule is CC.CC.[CH2-]C([CH2-])c1nc(-c2ccncc2)[nH]c(=O)c1C.[Y]. The number of nitrogens with zero attached hydrogens (tertiary/aromatic N) is 2. The molecular formula is C17H25N3OY-2. The fourth-order valence-electron chi connectivity index (χ4n) is 1.59. The first kappa shape index (κ1) is 23.4. The fourth-order valence-corrected chi connectivity index (χ4v) is 1.59. The first-order valence-corrected chi connectivity index (χ1v) is 7.27. The topological polar surface area (TPSA) is 58.6 Å². The Bertz CT molecular complexity index is 580. The van der Waals surface area contributed by atoms with E-state index >= 15 is 0 Å². The number of hydrogen-bond donors (Lipinski definition) is 1. The number of nitrogens with one attached hydrogen (secondary N) is 1. The van der Waals surface area contributed by atoms with Crippen molar-refractivity contribution in [2.24, 2.45) is 0 Å². The number of rotatable bonds is 2. The quantitative estimate of drug-likeness (QED) is 0.808. The molecule has 0 saturated carbocycles. The van der Waals surface area contributed by atoms with Crippen LogP contribution in [0.3, 0.4) is 0 Å². The molecule has 0 atom stereocenters. The summed E-state index contributed by atoms with van der Waals surface area (Å²) in [7, 11) is 0. The van der Waals surface area contributed by atoms with Crippen molar-refractivity contribution >= 4 is 0 Å². The Labute approximate surface area is 159 Å². The van der Waals surface area contributed by atoms with Crippen LogP contribution in [0.5, 0.6) is 0 Å². The van der Waals surface area contributed by atoms with E-state index in [-0.39, 0.29) is 44.2 Å². The molecule has 0 aliphatic carbocycles. The summed E-state index contributed by atoms with van der Waals surface area (Å²) in [6, 6.07) is 3.58. The monoisotopic (exact) mass is 376 g/mol. The zero-order valence-corrected chi connectivity index (χ0v) is 17.0. The third-order valence-corrected chi connectivity index (χ3v) is 2.53. The van der Waals surface area contributed by atoms with Crippen molar-refractivity contribution in [3.63, 3.8) is 0 Å². The van der Waals surface area contributed by atoms with Crippen molar-refractivity contribution in [2.75, 3.05) is 0 Å². The van der Waals surface area contributed by atoms with Gasteiger partial charge in [0.25, 0.3) is 5.56 Å². The van der Waals surface area contributed by atoms with Gasteiger partial charge in [-0.15, -0.1) is 0 Å². The molecule has 1 radical (unpaired) electrons. The number of hydrogen-bond acceptors (Lipinski definition) is 3. The maximum Gasteiger partial charge on any atom is 0.254 e. The molecule has 2 rings (SSSR count). The summed E-state index contributed by atoms with van der Waals surface area (Å²) in [5.74, 6) is 0.258. The normalized spacial score (nSPS) is 8.91. The Kier molecular flexibility index (Phi) is 13.5. The van der Waals surface area contributed by atoms with E-state index in [0.29, 0.717) is 17.1 Å². The molecule has 0 aromatic carbocycles. The van der Waals surface area contributed by atoms with Crippen LogP contribution >= 0.6 is 0 Å². The van der Waals surface area contributed by atoms with Crippen LogP contribution in [0, 0.1) is 20.8 Å². The van der Waals surface area contributed by atoms with Crippen LogP contribution in [0.4, 0.5) is 0 Å². The third kappa shape index (κ3) is 6.49. The molecule has 22 heavy (non-hydrogen) atoms. The van der Waals surface area contributed by atoms with Crippen LogP contribution in [0.25, 0.3) is 11.4 Å². The number of H-pyrrole nitrogens is 1. The van der Waals surface area contributed by atoms with Crippen LogP contribution in [0.2, 0.25) is 0 Å². The molecule has 0 spiro atoms. The van der Waals surface area contributed by atoms with Gasteiger partial charge in [0, 0.05) is 56.2 Å². The van der Waals surface area contributed by atoms with E-state index in [4.69, 9.17) is 0 Å². The van der Waals surface area contributed by atoms with Gasteiger partial charge in [-0.3, -0.25) is 15.7 Å². The van der Waals surface area contributed by atoms with Crippen LogP contribution in [-0.4, -0.2) is 15.0 Å². The van der Waals surface area contributed by atoms with Crippen LogP contribution in [0.15, 0.2) is 29.3 Å². The van der Waals surface area contributed by atoms with Gasteiger partial charge in [0.05, 0.1) is 0 Å². The molecule has 2 aromatic rings. The van der Waals surface area contributed by atoms with Crippen LogP contribution in [0.1, 0.15) is 44.9 Å². The Hall–Kier alpha value is -0.866. The summed E-state index contributed by atoms with van der Waals surface area (Å²) in [4.78, 5) is 22.8. The molecule has 0 amide bonds. The van der Waals surface area contributed by atoms with Gasteiger partial charge in [0.2, 0.25) is 0 Å². The molecular weight excluding hydrogens is 351 g/mol. The molecule has 119 valence electrons. The molecule has 4 nitrogen and oxygen atoms in total. The van der Waals surface area contributed by atoms with E-state index in [1.165, 1.54) is 0 Å². The Morgan fingerprint density at radius 2 is 1.59 bits per heavy atom. The Morgan fingerprint density at radius 1 is 1.09 bits per heavy atom. The third-order valence-electron chi connectivity index (χ3n) is 2.53. The molecule has 0 unspecified atom stereocenters. The van der Waals surface area contributed by atoms with Gasteiger partial charge in [-0.05, 0) is 24.8 Å². The maximum atomic E-state index is 11.8. The van der Waals surface area contributed by atoms with Gasteiger partial charge in [-0.1, -0.05) is 27.7 Å². The zero-order chi connectivity index (χ0) is 16.4. The first-order chi connectivity index (χ1) is 10.1. The average molecular weight is 376 g/mol. The number of aromatic nitrogens is 3. The molecule has 0 saturated heterocycles. The van der Waals surface area contributed by atoms with Crippen LogP contribution < -0.4 is 5.56 Å². The van der Waals surface area contributed by atoms with Crippen molar-refractivity contribution < 1.29 is 32.7 Å². The van der Waals surface area contributed by atoms with Crippen molar-refractivity contribution in [1.82, 2.24) is 15.0 Å². The number of aromatic amines is 1. The summed E-state index contributed by atoms with van der Waals surface area (Å²) in [6.45, 7) is 17.3.